The van der Waals surface area contributed by atoms with E-state index in [4.69, 9.17) is 12.2 Å². The summed E-state index contributed by atoms with van der Waals surface area (Å²) in [7, 11) is 0. The first kappa shape index (κ1) is 17.6. The van der Waals surface area contributed by atoms with Gasteiger partial charge in [0.2, 0.25) is 5.91 Å². The van der Waals surface area contributed by atoms with Crippen molar-refractivity contribution in [2.24, 2.45) is 0 Å². The van der Waals surface area contributed by atoms with E-state index in [0.29, 0.717) is 6.54 Å². The minimum absolute atomic E-state index is 0.133. The molecule has 0 fully saturated rings. The average molecular weight is 401 g/mol. The number of amides is 1. The average Bonchev–Trinajstić information content (AvgIpc) is 3.24. The van der Waals surface area contributed by atoms with E-state index in [1.54, 1.807) is 11.3 Å². The summed E-state index contributed by atoms with van der Waals surface area (Å²) in [5.74, 6) is 0.136. The summed E-state index contributed by atoms with van der Waals surface area (Å²) < 4.78 is 2.72. The largest absolute Gasteiger partial charge is 0.334 e. The number of hydrogen-bond donors (Lipinski definition) is 0. The lowest BCUT2D eigenvalue weighted by Gasteiger charge is -2.34. The van der Waals surface area contributed by atoms with Crippen molar-refractivity contribution in [2.75, 3.05) is 6.54 Å². The molecule has 2 aromatic heterocycles. The molecule has 3 heterocycles. The Morgan fingerprint density at radius 1 is 1.23 bits per heavy atom. The Labute approximate surface area is 166 Å². The van der Waals surface area contributed by atoms with Crippen LogP contribution in [0.15, 0.2) is 41.1 Å². The highest BCUT2D eigenvalue weighted by molar-refractivity contribution is 7.73. The van der Waals surface area contributed by atoms with Gasteiger partial charge < -0.3 is 9.47 Å². The Morgan fingerprint density at radius 3 is 2.77 bits per heavy atom. The third-order valence-corrected chi connectivity index (χ3v) is 7.29. The predicted octanol–water partition coefficient (Wildman–Crippen LogP) is 5.46. The Hall–Kier alpha value is -1.76. The van der Waals surface area contributed by atoms with E-state index in [0.717, 1.165) is 28.2 Å². The molecular formula is C20H20N2OS3. The van der Waals surface area contributed by atoms with Crippen LogP contribution in [-0.4, -0.2) is 21.9 Å². The lowest BCUT2D eigenvalue weighted by molar-refractivity contribution is -0.134. The van der Waals surface area contributed by atoms with Crippen molar-refractivity contribution >= 4 is 40.8 Å². The van der Waals surface area contributed by atoms with Gasteiger partial charge in [-0.05, 0) is 55.1 Å². The lowest BCUT2D eigenvalue weighted by atomic mass is 10.0. The molecule has 0 spiro atoms. The van der Waals surface area contributed by atoms with Crippen LogP contribution in [0.3, 0.4) is 0 Å². The number of aryl methyl sites for hydroxylation is 1. The summed E-state index contributed by atoms with van der Waals surface area (Å²) in [5, 5.41) is 4.18. The summed E-state index contributed by atoms with van der Waals surface area (Å²) in [6.07, 6.45) is 0.947. The smallest absolute Gasteiger partial charge is 0.243 e. The second-order valence-corrected chi connectivity index (χ2v) is 9.16. The normalized spacial score (nSPS) is 16.5. The molecule has 0 radical (unpaired) electrons. The number of aromatic nitrogens is 1. The van der Waals surface area contributed by atoms with Crippen LogP contribution in [0.2, 0.25) is 0 Å². The predicted molar refractivity (Wildman–Crippen MR) is 111 cm³/mol. The fourth-order valence-electron chi connectivity index (χ4n) is 3.51. The van der Waals surface area contributed by atoms with Crippen LogP contribution in [-0.2, 0) is 17.8 Å². The quantitative estimate of drug-likeness (QED) is 0.545. The Bertz CT molecular complexity index is 997. The number of thiazole rings is 1. The molecule has 0 aliphatic carbocycles. The van der Waals surface area contributed by atoms with Gasteiger partial charge in [-0.1, -0.05) is 29.8 Å². The molecule has 3 nitrogen and oxygen atoms in total. The first-order chi connectivity index (χ1) is 12.5. The highest BCUT2D eigenvalue weighted by Gasteiger charge is 2.28. The van der Waals surface area contributed by atoms with Gasteiger partial charge in [-0.25, -0.2) is 0 Å². The van der Waals surface area contributed by atoms with Gasteiger partial charge in [-0.2, -0.15) is 0 Å². The minimum atomic E-state index is 0.133. The maximum atomic E-state index is 13.1. The standard InChI is InChI=1S/C20H20N2OS3/c1-13-3-5-15(6-4-13)17-12-26-20(24)22(17)11-19(23)21-9-7-18-16(14(21)2)8-10-25-18/h3-6,8,10,12,14H,7,9,11H2,1-2H3/t14-/m1/s1. The zero-order chi connectivity index (χ0) is 18.3. The van der Waals surface area contributed by atoms with Gasteiger partial charge in [0.05, 0.1) is 11.7 Å². The van der Waals surface area contributed by atoms with Crippen LogP contribution in [0.1, 0.15) is 29.0 Å². The van der Waals surface area contributed by atoms with Crippen LogP contribution in [0, 0.1) is 10.9 Å². The molecule has 0 saturated heterocycles. The van der Waals surface area contributed by atoms with E-state index in [2.05, 4.69) is 54.9 Å². The van der Waals surface area contributed by atoms with Crippen LogP contribution >= 0.6 is 34.9 Å². The summed E-state index contributed by atoms with van der Waals surface area (Å²) >= 11 is 8.82. The summed E-state index contributed by atoms with van der Waals surface area (Å²) in [6, 6.07) is 10.6. The van der Waals surface area contributed by atoms with Crippen molar-refractivity contribution in [3.63, 3.8) is 0 Å². The first-order valence-corrected chi connectivity index (χ1v) is 10.8. The monoisotopic (exact) mass is 400 g/mol. The molecule has 0 unspecified atom stereocenters. The summed E-state index contributed by atoms with van der Waals surface area (Å²) in [6.45, 7) is 5.28. The zero-order valence-electron chi connectivity index (χ0n) is 14.8. The van der Waals surface area contributed by atoms with E-state index in [1.807, 2.05) is 9.47 Å². The van der Waals surface area contributed by atoms with Crippen LogP contribution in [0.5, 0.6) is 0 Å². The van der Waals surface area contributed by atoms with E-state index < -0.39 is 0 Å². The highest BCUT2D eigenvalue weighted by Crippen LogP contribution is 2.33. The number of rotatable bonds is 3. The molecule has 134 valence electrons. The van der Waals surface area contributed by atoms with Crippen molar-refractivity contribution in [2.45, 2.75) is 32.9 Å². The van der Waals surface area contributed by atoms with E-state index in [9.17, 15) is 4.79 Å². The fraction of sp³-hybridized carbons (Fsp3) is 0.300. The van der Waals surface area contributed by atoms with Gasteiger partial charge >= 0.3 is 0 Å². The van der Waals surface area contributed by atoms with E-state index >= 15 is 0 Å². The van der Waals surface area contributed by atoms with Crippen LogP contribution in [0.25, 0.3) is 11.3 Å². The Kier molecular flexibility index (Phi) is 4.82. The van der Waals surface area contributed by atoms with Crippen molar-refractivity contribution in [1.82, 2.24) is 9.47 Å². The molecule has 0 N–H and O–H groups in total. The van der Waals surface area contributed by atoms with E-state index in [1.165, 1.54) is 27.3 Å². The van der Waals surface area contributed by atoms with Crippen molar-refractivity contribution in [3.05, 3.63) is 61.1 Å². The first-order valence-electron chi connectivity index (χ1n) is 8.65. The Balaban J connectivity index is 1.60. The maximum absolute atomic E-state index is 13.1. The van der Waals surface area contributed by atoms with Crippen LogP contribution in [0.4, 0.5) is 0 Å². The van der Waals surface area contributed by atoms with Crippen LogP contribution < -0.4 is 0 Å². The number of hydrogen-bond acceptors (Lipinski definition) is 4. The topological polar surface area (TPSA) is 25.2 Å². The van der Waals surface area contributed by atoms with Crippen molar-refractivity contribution in [1.29, 1.82) is 0 Å². The van der Waals surface area contributed by atoms with Gasteiger partial charge in [-0.3, -0.25) is 4.79 Å². The number of benzene rings is 1. The zero-order valence-corrected chi connectivity index (χ0v) is 17.2. The molecule has 0 bridgehead atoms. The maximum Gasteiger partial charge on any atom is 0.243 e. The third kappa shape index (κ3) is 3.17. The second kappa shape index (κ2) is 7.10. The molecule has 1 aromatic carbocycles. The van der Waals surface area contributed by atoms with Crippen molar-refractivity contribution in [3.8, 4) is 11.3 Å². The van der Waals surface area contributed by atoms with Gasteiger partial charge in [0, 0.05) is 16.8 Å². The van der Waals surface area contributed by atoms with Gasteiger partial charge in [0.25, 0.3) is 0 Å². The molecule has 4 rings (SSSR count). The molecular weight excluding hydrogens is 380 g/mol. The minimum Gasteiger partial charge on any atom is -0.334 e. The SMILES string of the molecule is Cc1ccc(-c2csc(=S)n2CC(=O)N2CCc3sccc3[C@H]2C)cc1. The van der Waals surface area contributed by atoms with Crippen molar-refractivity contribution < 1.29 is 4.79 Å². The number of carbonyl (C=O) groups excluding carboxylic acids is 1. The molecule has 6 heteroatoms. The highest BCUT2D eigenvalue weighted by atomic mass is 32.1. The molecule has 26 heavy (non-hydrogen) atoms. The molecule has 1 amide bonds. The molecule has 1 aliphatic heterocycles. The van der Waals surface area contributed by atoms with E-state index in [-0.39, 0.29) is 11.9 Å². The van der Waals surface area contributed by atoms with Gasteiger partial charge in [-0.15, -0.1) is 22.7 Å². The summed E-state index contributed by atoms with van der Waals surface area (Å²) in [4.78, 5) is 16.5. The third-order valence-electron chi connectivity index (χ3n) is 5.02. The number of nitrogens with zero attached hydrogens (tertiary/aromatic N) is 2. The molecule has 1 atom stereocenters. The molecule has 3 aromatic rings. The number of thiophene rings is 1. The van der Waals surface area contributed by atoms with Gasteiger partial charge in [0.1, 0.15) is 6.54 Å². The second-order valence-electron chi connectivity index (χ2n) is 6.65. The Morgan fingerprint density at radius 2 is 2.00 bits per heavy atom. The molecule has 0 saturated carbocycles. The summed E-state index contributed by atoms with van der Waals surface area (Å²) in [5.41, 5.74) is 4.64. The molecule has 1 aliphatic rings. The number of carbonyl (C=O) groups is 1. The number of fused-ring (bicyclic) bond motifs is 1. The fourth-order valence-corrected chi connectivity index (χ4v) is 5.54. The lowest BCUT2D eigenvalue weighted by Crippen LogP contribution is -2.40. The van der Waals surface area contributed by atoms with Gasteiger partial charge in [0.15, 0.2) is 3.95 Å².